The second-order valence-corrected chi connectivity index (χ2v) is 6.06. The predicted molar refractivity (Wildman–Crippen MR) is 94.9 cm³/mol. The number of rotatable bonds is 1. The molecule has 4 aromatic rings. The number of aromatic nitrogens is 3. The van der Waals surface area contributed by atoms with E-state index in [4.69, 9.17) is 14.7 Å². The van der Waals surface area contributed by atoms with E-state index in [1.807, 2.05) is 37.3 Å². The van der Waals surface area contributed by atoms with Crippen LogP contribution in [-0.4, -0.2) is 27.6 Å². The molecule has 0 aliphatic carbocycles. The summed E-state index contributed by atoms with van der Waals surface area (Å²) in [6, 6.07) is 9.67. The van der Waals surface area contributed by atoms with Gasteiger partial charge in [0.1, 0.15) is 11.3 Å². The number of nitrogens with zero attached hydrogens (tertiary/aromatic N) is 3. The fraction of sp³-hybridized carbons (Fsp3) is 0.211. The summed E-state index contributed by atoms with van der Waals surface area (Å²) < 4.78 is 6.94. The molecule has 0 saturated carbocycles. The molecule has 0 unspecified atom stereocenters. The van der Waals surface area contributed by atoms with E-state index >= 15 is 0 Å². The van der Waals surface area contributed by atoms with E-state index in [1.165, 1.54) is 12.5 Å². The highest BCUT2D eigenvalue weighted by Crippen LogP contribution is 2.31. The SMILES string of the molecule is COc1ccc2c(c1)c1nc3cc(C)c(C)cc3nc1n2C(C)=O. The zero-order valence-corrected chi connectivity index (χ0v) is 14.0. The van der Waals surface area contributed by atoms with Gasteiger partial charge in [0, 0.05) is 12.3 Å². The number of hydrogen-bond acceptors (Lipinski definition) is 4. The Kier molecular flexibility index (Phi) is 3.06. The van der Waals surface area contributed by atoms with Crippen LogP contribution in [0.1, 0.15) is 22.8 Å². The maximum Gasteiger partial charge on any atom is 0.229 e. The molecule has 4 rings (SSSR count). The molecule has 0 saturated heterocycles. The molecule has 0 amide bonds. The van der Waals surface area contributed by atoms with Crippen molar-refractivity contribution in [3.63, 3.8) is 0 Å². The first-order valence-electron chi connectivity index (χ1n) is 7.77. The van der Waals surface area contributed by atoms with E-state index in [0.717, 1.165) is 38.8 Å². The fourth-order valence-electron chi connectivity index (χ4n) is 3.10. The molecule has 2 aromatic carbocycles. The van der Waals surface area contributed by atoms with Crippen molar-refractivity contribution in [3.8, 4) is 5.75 Å². The molecule has 0 fully saturated rings. The Bertz CT molecular complexity index is 1140. The van der Waals surface area contributed by atoms with Crippen LogP contribution in [0.3, 0.4) is 0 Å². The fourth-order valence-corrected chi connectivity index (χ4v) is 3.10. The molecular formula is C19H17N3O2. The number of carbonyl (C=O) groups excluding carboxylic acids is 1. The average molecular weight is 319 g/mol. The Morgan fingerprint density at radius 2 is 1.71 bits per heavy atom. The number of carbonyl (C=O) groups is 1. The molecule has 5 heteroatoms. The van der Waals surface area contributed by atoms with Crippen molar-refractivity contribution in [2.24, 2.45) is 0 Å². The van der Waals surface area contributed by atoms with E-state index in [-0.39, 0.29) is 5.91 Å². The van der Waals surface area contributed by atoms with Gasteiger partial charge < -0.3 is 4.74 Å². The Hall–Kier alpha value is -2.95. The number of fused-ring (bicyclic) bond motifs is 4. The summed E-state index contributed by atoms with van der Waals surface area (Å²) >= 11 is 0. The van der Waals surface area contributed by atoms with Gasteiger partial charge in [0.05, 0.1) is 23.7 Å². The Labute approximate surface area is 138 Å². The summed E-state index contributed by atoms with van der Waals surface area (Å²) in [5.41, 5.74) is 6.05. The highest BCUT2D eigenvalue weighted by molar-refractivity contribution is 6.11. The highest BCUT2D eigenvalue weighted by atomic mass is 16.5. The molecule has 0 spiro atoms. The molecule has 0 radical (unpaired) electrons. The van der Waals surface area contributed by atoms with Gasteiger partial charge in [-0.1, -0.05) is 0 Å². The molecule has 0 aliphatic rings. The van der Waals surface area contributed by atoms with Crippen LogP contribution in [0, 0.1) is 13.8 Å². The molecular weight excluding hydrogens is 302 g/mol. The van der Waals surface area contributed by atoms with Crippen molar-refractivity contribution < 1.29 is 9.53 Å². The minimum absolute atomic E-state index is 0.0855. The van der Waals surface area contributed by atoms with Gasteiger partial charge in [0.2, 0.25) is 5.91 Å². The van der Waals surface area contributed by atoms with Crippen molar-refractivity contribution in [2.45, 2.75) is 20.8 Å². The normalized spacial score (nSPS) is 11.5. The lowest BCUT2D eigenvalue weighted by molar-refractivity contribution is 0.0946. The van der Waals surface area contributed by atoms with Gasteiger partial charge in [-0.05, 0) is 55.3 Å². The molecule has 2 aromatic heterocycles. The van der Waals surface area contributed by atoms with Crippen LogP contribution in [0.4, 0.5) is 0 Å². The van der Waals surface area contributed by atoms with E-state index in [0.29, 0.717) is 5.65 Å². The third-order valence-corrected chi connectivity index (χ3v) is 4.49. The Balaban J connectivity index is 2.23. The van der Waals surface area contributed by atoms with Gasteiger partial charge >= 0.3 is 0 Å². The molecule has 24 heavy (non-hydrogen) atoms. The van der Waals surface area contributed by atoms with E-state index in [1.54, 1.807) is 11.7 Å². The number of ether oxygens (including phenoxy) is 1. The van der Waals surface area contributed by atoms with Gasteiger partial charge in [-0.25, -0.2) is 9.97 Å². The lowest BCUT2D eigenvalue weighted by Gasteiger charge is -2.04. The molecule has 0 aliphatic heterocycles. The van der Waals surface area contributed by atoms with Crippen LogP contribution < -0.4 is 4.74 Å². The van der Waals surface area contributed by atoms with E-state index in [2.05, 4.69) is 6.92 Å². The minimum atomic E-state index is -0.0855. The first-order valence-corrected chi connectivity index (χ1v) is 7.77. The van der Waals surface area contributed by atoms with Crippen molar-refractivity contribution in [3.05, 3.63) is 41.5 Å². The molecule has 0 bridgehead atoms. The molecule has 120 valence electrons. The second-order valence-electron chi connectivity index (χ2n) is 6.06. The Morgan fingerprint density at radius 3 is 2.33 bits per heavy atom. The maximum absolute atomic E-state index is 12.2. The van der Waals surface area contributed by atoms with Crippen molar-refractivity contribution in [2.75, 3.05) is 7.11 Å². The second kappa shape index (κ2) is 5.03. The number of aryl methyl sites for hydroxylation is 2. The largest absolute Gasteiger partial charge is 0.497 e. The topological polar surface area (TPSA) is 57.0 Å². The standard InChI is InChI=1S/C19H17N3O2/c1-10-7-15-16(8-11(10)2)21-19-18(20-15)14-9-13(24-4)5-6-17(14)22(19)12(3)23/h5-9H,1-4H3. The van der Waals surface area contributed by atoms with Crippen LogP contribution in [0.15, 0.2) is 30.3 Å². The zero-order chi connectivity index (χ0) is 17.0. The van der Waals surface area contributed by atoms with Gasteiger partial charge in [0.25, 0.3) is 0 Å². The van der Waals surface area contributed by atoms with Gasteiger partial charge in [-0.3, -0.25) is 9.36 Å². The summed E-state index contributed by atoms with van der Waals surface area (Å²) in [4.78, 5) is 21.7. The third kappa shape index (κ3) is 1.98. The van der Waals surface area contributed by atoms with Gasteiger partial charge in [-0.2, -0.15) is 0 Å². The summed E-state index contributed by atoms with van der Waals surface area (Å²) in [7, 11) is 1.62. The maximum atomic E-state index is 12.2. The van der Waals surface area contributed by atoms with Crippen molar-refractivity contribution in [1.82, 2.24) is 14.5 Å². The summed E-state index contributed by atoms with van der Waals surface area (Å²) in [5.74, 6) is 0.643. The number of methoxy groups -OCH3 is 1. The smallest absolute Gasteiger partial charge is 0.229 e. The minimum Gasteiger partial charge on any atom is -0.497 e. The van der Waals surface area contributed by atoms with Crippen molar-refractivity contribution in [1.29, 1.82) is 0 Å². The number of hydrogen-bond donors (Lipinski definition) is 0. The lowest BCUT2D eigenvalue weighted by Crippen LogP contribution is -2.06. The zero-order valence-electron chi connectivity index (χ0n) is 14.0. The van der Waals surface area contributed by atoms with Gasteiger partial charge in [0.15, 0.2) is 5.65 Å². The van der Waals surface area contributed by atoms with Crippen LogP contribution in [0.2, 0.25) is 0 Å². The van der Waals surface area contributed by atoms with Crippen LogP contribution in [0.25, 0.3) is 33.1 Å². The Morgan fingerprint density at radius 1 is 1.04 bits per heavy atom. The van der Waals surface area contributed by atoms with Gasteiger partial charge in [-0.15, -0.1) is 0 Å². The summed E-state index contributed by atoms with van der Waals surface area (Å²) in [6.45, 7) is 5.64. The third-order valence-electron chi connectivity index (χ3n) is 4.49. The lowest BCUT2D eigenvalue weighted by atomic mass is 10.1. The average Bonchev–Trinajstić information content (AvgIpc) is 2.86. The van der Waals surface area contributed by atoms with Crippen LogP contribution in [-0.2, 0) is 0 Å². The van der Waals surface area contributed by atoms with E-state index in [9.17, 15) is 4.79 Å². The highest BCUT2D eigenvalue weighted by Gasteiger charge is 2.17. The first-order chi connectivity index (χ1) is 11.5. The first kappa shape index (κ1) is 14.6. The molecule has 0 N–H and O–H groups in total. The van der Waals surface area contributed by atoms with E-state index < -0.39 is 0 Å². The quantitative estimate of drug-likeness (QED) is 0.531. The monoisotopic (exact) mass is 319 g/mol. The van der Waals surface area contributed by atoms with Crippen molar-refractivity contribution >= 4 is 39.0 Å². The molecule has 2 heterocycles. The summed E-state index contributed by atoms with van der Waals surface area (Å²) in [6.07, 6.45) is 0. The molecule has 5 nitrogen and oxygen atoms in total. The van der Waals surface area contributed by atoms with Crippen LogP contribution >= 0.6 is 0 Å². The predicted octanol–water partition coefficient (Wildman–Crippen LogP) is 4.02. The molecule has 0 atom stereocenters. The van der Waals surface area contributed by atoms with Crippen LogP contribution in [0.5, 0.6) is 5.75 Å². The number of benzene rings is 2. The summed E-state index contributed by atoms with van der Waals surface area (Å²) in [5, 5.41) is 0.868.